The normalized spacial score (nSPS) is 12.4. The van der Waals surface area contributed by atoms with Crippen molar-refractivity contribution in [2.45, 2.75) is 26.4 Å². The van der Waals surface area contributed by atoms with Gasteiger partial charge in [-0.25, -0.2) is 4.68 Å². The molecule has 0 saturated carbocycles. The maximum absolute atomic E-state index is 11.8. The zero-order valence-corrected chi connectivity index (χ0v) is 11.3. The average Bonchev–Trinajstić information content (AvgIpc) is 2.36. The first kappa shape index (κ1) is 14.9. The number of aliphatic hydroxyl groups is 1. The van der Waals surface area contributed by atoms with E-state index >= 15 is 0 Å². The van der Waals surface area contributed by atoms with Crippen molar-refractivity contribution in [1.29, 1.82) is 0 Å². The van der Waals surface area contributed by atoms with E-state index in [0.29, 0.717) is 18.9 Å². The lowest BCUT2D eigenvalue weighted by molar-refractivity contribution is 0.141. The molecule has 0 fully saturated rings. The third kappa shape index (κ3) is 3.97. The van der Waals surface area contributed by atoms with E-state index in [1.807, 2.05) is 13.8 Å². The number of hydrogen-bond acceptors (Lipinski definition) is 5. The molecule has 1 heterocycles. The van der Waals surface area contributed by atoms with E-state index in [2.05, 4.69) is 10.4 Å². The molecule has 0 bridgehead atoms. The van der Waals surface area contributed by atoms with E-state index in [0.717, 1.165) is 4.68 Å². The first-order valence-corrected chi connectivity index (χ1v) is 6.18. The molecule has 1 rings (SSSR count). The number of rotatable bonds is 7. The molecule has 0 aromatic carbocycles. The number of nitrogens with zero attached hydrogens (tertiary/aromatic N) is 2. The second kappa shape index (κ2) is 7.35. The van der Waals surface area contributed by atoms with Crippen LogP contribution in [0.3, 0.4) is 0 Å². The Labute approximate surface area is 111 Å². The van der Waals surface area contributed by atoms with Crippen LogP contribution in [0, 0.1) is 0 Å². The van der Waals surface area contributed by atoms with Gasteiger partial charge in [0.25, 0.3) is 5.56 Å². The zero-order chi connectivity index (χ0) is 13.5. The van der Waals surface area contributed by atoms with Gasteiger partial charge in [0.2, 0.25) is 0 Å². The first-order valence-electron chi connectivity index (χ1n) is 5.80. The van der Waals surface area contributed by atoms with Crippen LogP contribution in [-0.4, -0.2) is 40.7 Å². The van der Waals surface area contributed by atoms with Gasteiger partial charge in [-0.2, -0.15) is 5.10 Å². The van der Waals surface area contributed by atoms with Crippen LogP contribution < -0.4 is 10.9 Å². The van der Waals surface area contributed by atoms with Crippen LogP contribution in [0.25, 0.3) is 0 Å². The molecule has 1 unspecified atom stereocenters. The van der Waals surface area contributed by atoms with Crippen molar-refractivity contribution in [2.24, 2.45) is 0 Å². The summed E-state index contributed by atoms with van der Waals surface area (Å²) in [7, 11) is 0. The molecule has 6 nitrogen and oxygen atoms in total. The van der Waals surface area contributed by atoms with Crippen LogP contribution in [0.2, 0.25) is 5.02 Å². The third-order valence-corrected chi connectivity index (χ3v) is 2.64. The molecule has 0 saturated heterocycles. The number of aliphatic hydroxyl groups excluding tert-OH is 1. The minimum absolute atomic E-state index is 0.0253. The lowest BCUT2D eigenvalue weighted by Gasteiger charge is -2.16. The average molecular weight is 276 g/mol. The number of halogens is 1. The topological polar surface area (TPSA) is 76.4 Å². The van der Waals surface area contributed by atoms with Crippen molar-refractivity contribution in [2.75, 3.05) is 25.1 Å². The molecule has 0 aliphatic rings. The summed E-state index contributed by atoms with van der Waals surface area (Å²) in [6.45, 7) is 4.97. The van der Waals surface area contributed by atoms with E-state index < -0.39 is 5.56 Å². The second-order valence-electron chi connectivity index (χ2n) is 3.83. The summed E-state index contributed by atoms with van der Waals surface area (Å²) in [6.07, 6.45) is 1.47. The standard InChI is InChI=1S/C11H18ClN3O3/c1-3-18-7-8(2)14-9-6-13-15(4-5-16)11(17)10(9)12/h6,8,14,16H,3-5,7H2,1-2H3. The molecule has 1 atom stereocenters. The fraction of sp³-hybridized carbons (Fsp3) is 0.636. The molecule has 0 aliphatic heterocycles. The van der Waals surface area contributed by atoms with Gasteiger partial charge >= 0.3 is 0 Å². The second-order valence-corrected chi connectivity index (χ2v) is 4.21. The van der Waals surface area contributed by atoms with E-state index in [1.165, 1.54) is 6.20 Å². The van der Waals surface area contributed by atoms with E-state index in [4.69, 9.17) is 21.4 Å². The Morgan fingerprint density at radius 3 is 3.00 bits per heavy atom. The lowest BCUT2D eigenvalue weighted by Crippen LogP contribution is -2.28. The predicted molar refractivity (Wildman–Crippen MR) is 70.2 cm³/mol. The molecule has 2 N–H and O–H groups in total. The largest absolute Gasteiger partial charge is 0.394 e. The maximum Gasteiger partial charge on any atom is 0.287 e. The summed E-state index contributed by atoms with van der Waals surface area (Å²) in [4.78, 5) is 11.8. The monoisotopic (exact) mass is 275 g/mol. The highest BCUT2D eigenvalue weighted by molar-refractivity contribution is 6.32. The Bertz CT molecular complexity index is 436. The van der Waals surface area contributed by atoms with Crippen molar-refractivity contribution in [3.05, 3.63) is 21.6 Å². The smallest absolute Gasteiger partial charge is 0.287 e. The summed E-state index contributed by atoms with van der Waals surface area (Å²) >= 11 is 5.95. The number of anilines is 1. The molecule has 1 aromatic heterocycles. The molecule has 102 valence electrons. The fourth-order valence-corrected chi connectivity index (χ4v) is 1.62. The minimum atomic E-state index is -0.417. The molecule has 0 amide bonds. The van der Waals surface area contributed by atoms with Gasteiger partial charge in [-0.3, -0.25) is 4.79 Å². The van der Waals surface area contributed by atoms with E-state index in [9.17, 15) is 4.79 Å². The third-order valence-electron chi connectivity index (χ3n) is 2.27. The van der Waals surface area contributed by atoms with Crippen molar-refractivity contribution < 1.29 is 9.84 Å². The summed E-state index contributed by atoms with van der Waals surface area (Å²) in [5.41, 5.74) is 0.0578. The van der Waals surface area contributed by atoms with E-state index in [-0.39, 0.29) is 24.2 Å². The van der Waals surface area contributed by atoms with Crippen LogP contribution in [0.4, 0.5) is 5.69 Å². The Kier molecular flexibility index (Phi) is 6.11. The number of hydrogen-bond donors (Lipinski definition) is 2. The summed E-state index contributed by atoms with van der Waals surface area (Å²) in [6, 6.07) is 0.0253. The van der Waals surface area contributed by atoms with Crippen LogP contribution >= 0.6 is 11.6 Å². The number of aromatic nitrogens is 2. The van der Waals surface area contributed by atoms with Crippen molar-refractivity contribution in [3.63, 3.8) is 0 Å². The van der Waals surface area contributed by atoms with Gasteiger partial charge in [0.1, 0.15) is 5.02 Å². The first-order chi connectivity index (χ1) is 8.60. The van der Waals surface area contributed by atoms with Crippen LogP contribution in [-0.2, 0) is 11.3 Å². The van der Waals surface area contributed by atoms with Gasteiger partial charge < -0.3 is 15.2 Å². The summed E-state index contributed by atoms with van der Waals surface area (Å²) in [5, 5.41) is 15.8. The number of nitrogens with one attached hydrogen (secondary N) is 1. The molecule has 7 heteroatoms. The fourth-order valence-electron chi connectivity index (χ4n) is 1.42. The van der Waals surface area contributed by atoms with E-state index in [1.54, 1.807) is 0 Å². The van der Waals surface area contributed by atoms with Crippen molar-refractivity contribution in [1.82, 2.24) is 9.78 Å². The zero-order valence-electron chi connectivity index (χ0n) is 10.5. The van der Waals surface area contributed by atoms with Gasteiger partial charge in [0.15, 0.2) is 0 Å². The highest BCUT2D eigenvalue weighted by Gasteiger charge is 2.11. The molecule has 0 radical (unpaired) electrons. The molecule has 1 aromatic rings. The van der Waals surface area contributed by atoms with Gasteiger partial charge in [-0.1, -0.05) is 11.6 Å². The Hall–Kier alpha value is -1.11. The Morgan fingerprint density at radius 1 is 1.67 bits per heavy atom. The van der Waals surface area contributed by atoms with Crippen LogP contribution in [0.15, 0.2) is 11.0 Å². The van der Waals surface area contributed by atoms with Gasteiger partial charge in [0.05, 0.1) is 31.6 Å². The highest BCUT2D eigenvalue weighted by atomic mass is 35.5. The van der Waals surface area contributed by atoms with Gasteiger partial charge in [0, 0.05) is 12.6 Å². The SMILES string of the molecule is CCOCC(C)Nc1cnn(CCO)c(=O)c1Cl. The molecule has 18 heavy (non-hydrogen) atoms. The highest BCUT2D eigenvalue weighted by Crippen LogP contribution is 2.16. The van der Waals surface area contributed by atoms with Gasteiger partial charge in [-0.15, -0.1) is 0 Å². The summed E-state index contributed by atoms with van der Waals surface area (Å²) < 4.78 is 6.38. The number of ether oxygens (including phenoxy) is 1. The van der Waals surface area contributed by atoms with Crippen molar-refractivity contribution in [3.8, 4) is 0 Å². The Morgan fingerprint density at radius 2 is 2.39 bits per heavy atom. The predicted octanol–water partition coefficient (Wildman–Crippen LogP) is 0.726. The maximum atomic E-state index is 11.8. The molecular formula is C11H18ClN3O3. The van der Waals surface area contributed by atoms with Crippen LogP contribution in [0.1, 0.15) is 13.8 Å². The Balaban J connectivity index is 2.79. The lowest BCUT2D eigenvalue weighted by atomic mass is 10.3. The van der Waals surface area contributed by atoms with Crippen molar-refractivity contribution >= 4 is 17.3 Å². The molecular weight excluding hydrogens is 258 g/mol. The molecule has 0 spiro atoms. The minimum Gasteiger partial charge on any atom is -0.394 e. The summed E-state index contributed by atoms with van der Waals surface area (Å²) in [5.74, 6) is 0. The molecule has 0 aliphatic carbocycles. The quantitative estimate of drug-likeness (QED) is 0.767. The van der Waals surface area contributed by atoms with Crippen LogP contribution in [0.5, 0.6) is 0 Å². The van der Waals surface area contributed by atoms with Gasteiger partial charge in [-0.05, 0) is 13.8 Å².